The highest BCUT2D eigenvalue weighted by molar-refractivity contribution is 7.15. The van der Waals surface area contributed by atoms with Crippen LogP contribution in [0.15, 0.2) is 46.7 Å². The van der Waals surface area contributed by atoms with Crippen molar-refractivity contribution in [1.29, 1.82) is 0 Å². The number of phenols is 1. The molecule has 0 aliphatic carbocycles. The first-order chi connectivity index (χ1) is 9.22. The summed E-state index contributed by atoms with van der Waals surface area (Å²) < 4.78 is 1.51. The third-order valence-corrected chi connectivity index (χ3v) is 3.40. The van der Waals surface area contributed by atoms with E-state index in [0.29, 0.717) is 10.7 Å². The molecule has 2 heterocycles. The summed E-state index contributed by atoms with van der Waals surface area (Å²) in [5.41, 5.74) is 1.37. The van der Waals surface area contributed by atoms with Crippen LogP contribution in [0.4, 0.5) is 0 Å². The van der Waals surface area contributed by atoms with Gasteiger partial charge in [-0.2, -0.15) is 0 Å². The van der Waals surface area contributed by atoms with Crippen LogP contribution in [0.5, 0.6) is 5.75 Å². The molecule has 5 heteroatoms. The molecule has 0 radical (unpaired) electrons. The Morgan fingerprint density at radius 2 is 2.16 bits per heavy atom. The van der Waals surface area contributed by atoms with E-state index in [9.17, 15) is 9.90 Å². The van der Waals surface area contributed by atoms with E-state index in [1.165, 1.54) is 21.8 Å². The number of aromatic hydroxyl groups is 1. The summed E-state index contributed by atoms with van der Waals surface area (Å²) in [7, 11) is 0. The molecule has 3 rings (SSSR count). The molecular formula is C14H10N2O2S. The monoisotopic (exact) mass is 270 g/mol. The fourth-order valence-corrected chi connectivity index (χ4v) is 2.48. The third kappa shape index (κ3) is 2.41. The molecule has 0 aliphatic rings. The van der Waals surface area contributed by atoms with Gasteiger partial charge in [0.1, 0.15) is 5.75 Å². The Morgan fingerprint density at radius 1 is 1.26 bits per heavy atom. The number of benzene rings is 1. The standard InChI is InChI=1S/C14H10N2O2S/c17-12-3-1-2-10(8-12)4-5-11-9-13(18)16-6-7-19-14(16)15-11/h1-9,17H. The predicted molar refractivity (Wildman–Crippen MR) is 76.4 cm³/mol. The smallest absolute Gasteiger partial charge is 0.259 e. The van der Waals surface area contributed by atoms with E-state index in [1.807, 2.05) is 17.5 Å². The second kappa shape index (κ2) is 4.70. The summed E-state index contributed by atoms with van der Waals surface area (Å²) in [5, 5.41) is 11.2. The van der Waals surface area contributed by atoms with Crippen LogP contribution in [0.3, 0.4) is 0 Å². The maximum absolute atomic E-state index is 11.8. The van der Waals surface area contributed by atoms with E-state index in [4.69, 9.17) is 0 Å². The number of phenolic OH excluding ortho intramolecular Hbond substituents is 1. The lowest BCUT2D eigenvalue weighted by atomic mass is 10.2. The van der Waals surface area contributed by atoms with Crippen molar-refractivity contribution in [3.05, 3.63) is 63.5 Å². The Labute approximate surface area is 112 Å². The zero-order valence-corrected chi connectivity index (χ0v) is 10.7. The lowest BCUT2D eigenvalue weighted by Gasteiger charge is -1.96. The zero-order chi connectivity index (χ0) is 13.2. The fourth-order valence-electron chi connectivity index (χ4n) is 1.75. The number of aromatic nitrogens is 2. The van der Waals surface area contributed by atoms with Crippen molar-refractivity contribution < 1.29 is 5.11 Å². The molecular weight excluding hydrogens is 260 g/mol. The van der Waals surface area contributed by atoms with Gasteiger partial charge in [0.25, 0.3) is 5.56 Å². The van der Waals surface area contributed by atoms with E-state index in [-0.39, 0.29) is 11.3 Å². The number of hydrogen-bond acceptors (Lipinski definition) is 4. The van der Waals surface area contributed by atoms with Crippen molar-refractivity contribution in [2.75, 3.05) is 0 Å². The van der Waals surface area contributed by atoms with Gasteiger partial charge in [-0.1, -0.05) is 18.2 Å². The van der Waals surface area contributed by atoms with Gasteiger partial charge in [0.05, 0.1) is 5.69 Å². The minimum atomic E-state index is -0.0955. The Bertz CT molecular complexity index is 817. The van der Waals surface area contributed by atoms with Crippen molar-refractivity contribution in [3.8, 4) is 5.75 Å². The van der Waals surface area contributed by atoms with Crippen molar-refractivity contribution >= 4 is 28.4 Å². The SMILES string of the molecule is O=c1cc(C=Cc2cccc(O)c2)nc2sccn12. The quantitative estimate of drug-likeness (QED) is 0.778. The molecule has 2 aromatic heterocycles. The highest BCUT2D eigenvalue weighted by atomic mass is 32.1. The van der Waals surface area contributed by atoms with E-state index < -0.39 is 0 Å². The summed E-state index contributed by atoms with van der Waals surface area (Å²) >= 11 is 1.42. The summed E-state index contributed by atoms with van der Waals surface area (Å²) in [6.45, 7) is 0. The minimum absolute atomic E-state index is 0.0955. The third-order valence-electron chi connectivity index (χ3n) is 2.64. The molecule has 0 fully saturated rings. The predicted octanol–water partition coefficient (Wildman–Crippen LogP) is 2.63. The van der Waals surface area contributed by atoms with Gasteiger partial charge in [0.2, 0.25) is 0 Å². The molecule has 94 valence electrons. The maximum atomic E-state index is 11.8. The number of rotatable bonds is 2. The molecule has 0 aliphatic heterocycles. The Hall–Kier alpha value is -2.40. The first kappa shape index (κ1) is 11.7. The fraction of sp³-hybridized carbons (Fsp3) is 0. The van der Waals surface area contributed by atoms with Gasteiger partial charge >= 0.3 is 0 Å². The largest absolute Gasteiger partial charge is 0.508 e. The summed E-state index contributed by atoms with van der Waals surface area (Å²) in [5.74, 6) is 0.212. The van der Waals surface area contributed by atoms with E-state index in [2.05, 4.69) is 4.98 Å². The van der Waals surface area contributed by atoms with Crippen LogP contribution >= 0.6 is 11.3 Å². The van der Waals surface area contributed by atoms with E-state index in [1.54, 1.807) is 30.5 Å². The lowest BCUT2D eigenvalue weighted by molar-refractivity contribution is 0.475. The molecule has 0 unspecified atom stereocenters. The first-order valence-corrected chi connectivity index (χ1v) is 6.54. The second-order valence-corrected chi connectivity index (χ2v) is 4.88. The van der Waals surface area contributed by atoms with Crippen LogP contribution in [0, 0.1) is 0 Å². The second-order valence-electron chi connectivity index (χ2n) is 4.00. The van der Waals surface area contributed by atoms with Crippen molar-refractivity contribution in [2.45, 2.75) is 0 Å². The summed E-state index contributed by atoms with van der Waals surface area (Å²) in [6.07, 6.45) is 5.28. The van der Waals surface area contributed by atoms with Gasteiger partial charge in [-0.3, -0.25) is 9.20 Å². The molecule has 3 aromatic rings. The minimum Gasteiger partial charge on any atom is -0.508 e. The van der Waals surface area contributed by atoms with E-state index >= 15 is 0 Å². The molecule has 4 nitrogen and oxygen atoms in total. The van der Waals surface area contributed by atoms with Crippen molar-refractivity contribution in [3.63, 3.8) is 0 Å². The van der Waals surface area contributed by atoms with Crippen molar-refractivity contribution in [2.24, 2.45) is 0 Å². The van der Waals surface area contributed by atoms with Crippen molar-refractivity contribution in [1.82, 2.24) is 9.38 Å². The first-order valence-electron chi connectivity index (χ1n) is 5.66. The Balaban J connectivity index is 1.99. The van der Waals surface area contributed by atoms with Crippen LogP contribution < -0.4 is 5.56 Å². The Kier molecular flexibility index (Phi) is 2.89. The number of hydrogen-bond donors (Lipinski definition) is 1. The van der Waals surface area contributed by atoms with Gasteiger partial charge < -0.3 is 5.11 Å². The van der Waals surface area contributed by atoms with Crippen LogP contribution in [0.1, 0.15) is 11.3 Å². The maximum Gasteiger partial charge on any atom is 0.259 e. The highest BCUT2D eigenvalue weighted by Crippen LogP contribution is 2.14. The highest BCUT2D eigenvalue weighted by Gasteiger charge is 2.00. The van der Waals surface area contributed by atoms with Crippen LogP contribution in [-0.2, 0) is 0 Å². The van der Waals surface area contributed by atoms with Gasteiger partial charge in [-0.15, -0.1) is 11.3 Å². The molecule has 0 saturated carbocycles. The Morgan fingerprint density at radius 3 is 3.00 bits per heavy atom. The lowest BCUT2D eigenvalue weighted by Crippen LogP contribution is -2.11. The van der Waals surface area contributed by atoms with Gasteiger partial charge in [-0.05, 0) is 23.8 Å². The molecule has 1 N–H and O–H groups in total. The number of fused-ring (bicyclic) bond motifs is 1. The van der Waals surface area contributed by atoms with Crippen LogP contribution in [0.25, 0.3) is 17.1 Å². The number of thiazole rings is 1. The molecule has 0 saturated heterocycles. The van der Waals surface area contributed by atoms with Gasteiger partial charge in [0.15, 0.2) is 4.96 Å². The molecule has 0 atom stereocenters. The topological polar surface area (TPSA) is 54.6 Å². The zero-order valence-electron chi connectivity index (χ0n) is 9.85. The average molecular weight is 270 g/mol. The van der Waals surface area contributed by atoms with E-state index in [0.717, 1.165) is 5.56 Å². The van der Waals surface area contributed by atoms with Gasteiger partial charge in [-0.25, -0.2) is 4.98 Å². The molecule has 0 amide bonds. The van der Waals surface area contributed by atoms with Crippen LogP contribution in [0.2, 0.25) is 0 Å². The average Bonchev–Trinajstić information content (AvgIpc) is 2.85. The normalized spacial score (nSPS) is 11.4. The molecule has 19 heavy (non-hydrogen) atoms. The van der Waals surface area contributed by atoms with Crippen LogP contribution in [-0.4, -0.2) is 14.5 Å². The molecule has 1 aromatic carbocycles. The molecule has 0 spiro atoms. The van der Waals surface area contributed by atoms with Gasteiger partial charge in [0, 0.05) is 17.6 Å². The number of nitrogens with zero attached hydrogens (tertiary/aromatic N) is 2. The summed E-state index contributed by atoms with van der Waals surface area (Å²) in [4.78, 5) is 16.8. The molecule has 0 bridgehead atoms. The summed E-state index contributed by atoms with van der Waals surface area (Å²) in [6, 6.07) is 8.37.